The van der Waals surface area contributed by atoms with E-state index in [1.807, 2.05) is 41.2 Å². The highest BCUT2D eigenvalue weighted by atomic mass is 35.5. The van der Waals surface area contributed by atoms with Gasteiger partial charge in [0.05, 0.1) is 11.6 Å². The Labute approximate surface area is 150 Å². The van der Waals surface area contributed by atoms with Crippen molar-refractivity contribution in [3.8, 4) is 0 Å². The van der Waals surface area contributed by atoms with E-state index in [0.29, 0.717) is 17.4 Å². The summed E-state index contributed by atoms with van der Waals surface area (Å²) in [5.41, 5.74) is 1.97. The van der Waals surface area contributed by atoms with Crippen LogP contribution in [0.4, 0.5) is 11.5 Å². The van der Waals surface area contributed by atoms with Gasteiger partial charge < -0.3 is 10.6 Å². The number of hydrogen-bond donors (Lipinski definition) is 2. The molecular weight excluding hydrogens is 338 g/mol. The summed E-state index contributed by atoms with van der Waals surface area (Å²) in [5.74, 6) is 0.294. The summed E-state index contributed by atoms with van der Waals surface area (Å²) in [6.45, 7) is 2.48. The second-order valence-electron chi connectivity index (χ2n) is 5.62. The number of halogens is 1. The third-order valence-electron chi connectivity index (χ3n) is 3.59. The van der Waals surface area contributed by atoms with Crippen molar-refractivity contribution in [2.24, 2.45) is 0 Å². The molecule has 0 aliphatic carbocycles. The zero-order valence-electron chi connectivity index (χ0n) is 13.7. The van der Waals surface area contributed by atoms with Crippen LogP contribution < -0.4 is 10.6 Å². The number of nitrogens with zero attached hydrogens (tertiary/aromatic N) is 3. The van der Waals surface area contributed by atoms with Crippen LogP contribution in [0, 0.1) is 0 Å². The highest BCUT2D eigenvalue weighted by molar-refractivity contribution is 6.30. The van der Waals surface area contributed by atoms with Gasteiger partial charge in [0.15, 0.2) is 0 Å². The minimum Gasteiger partial charge on any atom is -0.374 e. The molecule has 0 spiro atoms. The van der Waals surface area contributed by atoms with Crippen LogP contribution in [0.15, 0.2) is 61.1 Å². The van der Waals surface area contributed by atoms with Crippen LogP contribution in [0.3, 0.4) is 0 Å². The summed E-state index contributed by atoms with van der Waals surface area (Å²) >= 11 is 5.79. The lowest BCUT2D eigenvalue weighted by Crippen LogP contribution is -2.32. The van der Waals surface area contributed by atoms with Crippen molar-refractivity contribution in [1.29, 1.82) is 0 Å². The van der Waals surface area contributed by atoms with Crippen LogP contribution in [0.5, 0.6) is 0 Å². The van der Waals surface area contributed by atoms with E-state index in [-0.39, 0.29) is 5.91 Å². The molecule has 2 N–H and O–H groups in total. The Kier molecular flexibility index (Phi) is 5.30. The summed E-state index contributed by atoms with van der Waals surface area (Å²) in [6.07, 6.45) is 5.16. The normalized spacial score (nSPS) is 11.8. The maximum absolute atomic E-state index is 12.3. The number of rotatable bonds is 6. The average molecular weight is 356 g/mol. The van der Waals surface area contributed by atoms with Gasteiger partial charge in [0.2, 0.25) is 5.91 Å². The Balaban J connectivity index is 1.61. The van der Waals surface area contributed by atoms with Crippen molar-refractivity contribution in [1.82, 2.24) is 14.8 Å². The molecule has 0 radical (unpaired) electrons. The first-order valence-corrected chi connectivity index (χ1v) is 8.23. The number of carbonyl (C=O) groups is 1. The van der Waals surface area contributed by atoms with Gasteiger partial charge in [-0.2, -0.15) is 5.10 Å². The Hall–Kier alpha value is -2.86. The van der Waals surface area contributed by atoms with Crippen LogP contribution in [0.25, 0.3) is 0 Å². The SMILES string of the molecule is CC(Nc1cccc(Cn2cccn2)c1)C(=O)Nc1ccc(Cl)cn1. The van der Waals surface area contributed by atoms with Crippen molar-refractivity contribution in [2.45, 2.75) is 19.5 Å². The average Bonchev–Trinajstić information content (AvgIpc) is 3.10. The largest absolute Gasteiger partial charge is 0.374 e. The standard InChI is InChI=1S/C18H18ClN5O/c1-13(18(25)23-17-7-6-15(19)11-20-17)22-16-5-2-4-14(10-16)12-24-9-3-8-21-24/h2-11,13,22H,12H2,1H3,(H,20,23,25). The lowest BCUT2D eigenvalue weighted by atomic mass is 10.2. The quantitative estimate of drug-likeness (QED) is 0.710. The number of carbonyl (C=O) groups excluding carboxylic acids is 1. The molecule has 0 fully saturated rings. The third-order valence-corrected chi connectivity index (χ3v) is 3.81. The molecule has 2 heterocycles. The van der Waals surface area contributed by atoms with Crippen LogP contribution in [-0.2, 0) is 11.3 Å². The molecule has 0 bridgehead atoms. The Morgan fingerprint density at radius 2 is 2.16 bits per heavy atom. The molecule has 1 unspecified atom stereocenters. The molecule has 6 nitrogen and oxygen atoms in total. The zero-order chi connectivity index (χ0) is 17.6. The van der Waals surface area contributed by atoms with Crippen molar-refractivity contribution in [3.63, 3.8) is 0 Å². The topological polar surface area (TPSA) is 71.8 Å². The summed E-state index contributed by atoms with van der Waals surface area (Å²) in [5, 5.41) is 10.7. The molecule has 3 aromatic rings. The lowest BCUT2D eigenvalue weighted by molar-refractivity contribution is -0.116. The number of anilines is 2. The number of benzene rings is 1. The van der Waals surface area contributed by atoms with Crippen LogP contribution >= 0.6 is 11.6 Å². The summed E-state index contributed by atoms with van der Waals surface area (Å²) in [7, 11) is 0. The van der Waals surface area contributed by atoms with Crippen molar-refractivity contribution >= 4 is 29.0 Å². The van der Waals surface area contributed by atoms with Crippen molar-refractivity contribution in [3.05, 3.63) is 71.6 Å². The fourth-order valence-electron chi connectivity index (χ4n) is 2.34. The molecule has 25 heavy (non-hydrogen) atoms. The fourth-order valence-corrected chi connectivity index (χ4v) is 2.45. The van der Waals surface area contributed by atoms with Crippen LogP contribution in [0.1, 0.15) is 12.5 Å². The Morgan fingerprint density at radius 1 is 1.28 bits per heavy atom. The van der Waals surface area contributed by atoms with Gasteiger partial charge in [-0.3, -0.25) is 9.48 Å². The summed E-state index contributed by atoms with van der Waals surface area (Å²) < 4.78 is 1.85. The first-order chi connectivity index (χ1) is 12.1. The smallest absolute Gasteiger partial charge is 0.247 e. The molecule has 1 amide bonds. The zero-order valence-corrected chi connectivity index (χ0v) is 14.4. The second-order valence-corrected chi connectivity index (χ2v) is 6.06. The molecule has 7 heteroatoms. The molecule has 0 saturated heterocycles. The van der Waals surface area contributed by atoms with E-state index in [1.165, 1.54) is 6.20 Å². The second kappa shape index (κ2) is 7.81. The minimum absolute atomic E-state index is 0.174. The van der Waals surface area contributed by atoms with Gasteiger partial charge in [0.25, 0.3) is 0 Å². The fraction of sp³-hybridized carbons (Fsp3) is 0.167. The maximum atomic E-state index is 12.3. The predicted octanol–water partition coefficient (Wildman–Crippen LogP) is 3.42. The number of amides is 1. The van der Waals surface area contributed by atoms with E-state index < -0.39 is 6.04 Å². The first kappa shape index (κ1) is 17.0. The molecule has 2 aromatic heterocycles. The van der Waals surface area contributed by atoms with Gasteiger partial charge in [-0.05, 0) is 42.8 Å². The minimum atomic E-state index is -0.419. The highest BCUT2D eigenvalue weighted by Crippen LogP contribution is 2.14. The lowest BCUT2D eigenvalue weighted by Gasteiger charge is -2.15. The number of pyridine rings is 1. The van der Waals surface area contributed by atoms with Gasteiger partial charge in [-0.25, -0.2) is 4.98 Å². The molecule has 1 aromatic carbocycles. The van der Waals surface area contributed by atoms with E-state index >= 15 is 0 Å². The van der Waals surface area contributed by atoms with Gasteiger partial charge in [-0.15, -0.1) is 0 Å². The molecular formula is C18H18ClN5O. The Bertz CT molecular complexity index is 833. The van der Waals surface area contributed by atoms with E-state index in [0.717, 1.165) is 11.3 Å². The summed E-state index contributed by atoms with van der Waals surface area (Å²) in [4.78, 5) is 16.3. The van der Waals surface area contributed by atoms with E-state index in [1.54, 1.807) is 25.3 Å². The molecule has 0 saturated carbocycles. The number of nitrogens with one attached hydrogen (secondary N) is 2. The van der Waals surface area contributed by atoms with Crippen LogP contribution in [-0.4, -0.2) is 26.7 Å². The third kappa shape index (κ3) is 4.81. The van der Waals surface area contributed by atoms with Gasteiger partial charge in [-0.1, -0.05) is 23.7 Å². The maximum Gasteiger partial charge on any atom is 0.247 e. The van der Waals surface area contributed by atoms with Crippen molar-refractivity contribution in [2.75, 3.05) is 10.6 Å². The Morgan fingerprint density at radius 3 is 2.88 bits per heavy atom. The molecule has 1 atom stereocenters. The molecule has 3 rings (SSSR count). The predicted molar refractivity (Wildman–Crippen MR) is 98.7 cm³/mol. The molecule has 128 valence electrons. The van der Waals surface area contributed by atoms with Crippen molar-refractivity contribution < 1.29 is 4.79 Å². The number of aromatic nitrogens is 3. The van der Waals surface area contributed by atoms with E-state index in [2.05, 4.69) is 20.7 Å². The van der Waals surface area contributed by atoms with E-state index in [9.17, 15) is 4.79 Å². The van der Waals surface area contributed by atoms with Gasteiger partial charge in [0, 0.05) is 24.3 Å². The highest BCUT2D eigenvalue weighted by Gasteiger charge is 2.13. The molecule has 0 aliphatic rings. The van der Waals surface area contributed by atoms with E-state index in [4.69, 9.17) is 11.6 Å². The summed E-state index contributed by atoms with van der Waals surface area (Å²) in [6, 6.07) is 12.7. The number of hydrogen-bond acceptors (Lipinski definition) is 4. The van der Waals surface area contributed by atoms with Gasteiger partial charge in [0.1, 0.15) is 11.9 Å². The first-order valence-electron chi connectivity index (χ1n) is 7.85. The van der Waals surface area contributed by atoms with Crippen LogP contribution in [0.2, 0.25) is 5.02 Å². The van der Waals surface area contributed by atoms with Gasteiger partial charge >= 0.3 is 0 Å². The monoisotopic (exact) mass is 355 g/mol. The molecule has 0 aliphatic heterocycles.